The lowest BCUT2D eigenvalue weighted by Gasteiger charge is -1.96. The Morgan fingerprint density at radius 1 is 1.24 bits per heavy atom. The van der Waals surface area contributed by atoms with Gasteiger partial charge in [0.2, 0.25) is 0 Å². The summed E-state index contributed by atoms with van der Waals surface area (Å²) in [6, 6.07) is 7.60. The second-order valence-corrected chi connectivity index (χ2v) is 4.49. The van der Waals surface area contributed by atoms with Crippen molar-refractivity contribution in [1.82, 2.24) is 15.0 Å². The SMILES string of the molecule is Nc1ccc2[nH]c(-c3cccnc3)nc2c1Br. The van der Waals surface area contributed by atoms with E-state index in [0.29, 0.717) is 5.69 Å². The van der Waals surface area contributed by atoms with Crippen LogP contribution >= 0.6 is 15.9 Å². The zero-order valence-corrected chi connectivity index (χ0v) is 10.4. The van der Waals surface area contributed by atoms with Crippen molar-refractivity contribution < 1.29 is 0 Å². The molecular weight excluding hydrogens is 280 g/mol. The second-order valence-electron chi connectivity index (χ2n) is 3.69. The summed E-state index contributed by atoms with van der Waals surface area (Å²) in [4.78, 5) is 11.8. The molecule has 84 valence electrons. The van der Waals surface area contributed by atoms with Gasteiger partial charge in [-0.1, -0.05) is 0 Å². The Morgan fingerprint density at radius 2 is 2.12 bits per heavy atom. The average molecular weight is 289 g/mol. The molecule has 3 N–H and O–H groups in total. The first-order valence-electron chi connectivity index (χ1n) is 5.10. The minimum Gasteiger partial charge on any atom is -0.398 e. The first-order chi connectivity index (χ1) is 8.25. The Hall–Kier alpha value is -1.88. The molecule has 0 saturated heterocycles. The summed E-state index contributed by atoms with van der Waals surface area (Å²) in [6.45, 7) is 0. The van der Waals surface area contributed by atoms with Crippen molar-refractivity contribution >= 4 is 32.7 Å². The predicted molar refractivity (Wildman–Crippen MR) is 71.4 cm³/mol. The molecule has 0 unspecified atom stereocenters. The number of halogens is 1. The maximum atomic E-state index is 5.82. The molecule has 5 heteroatoms. The number of fused-ring (bicyclic) bond motifs is 1. The third-order valence-corrected chi connectivity index (χ3v) is 3.39. The number of H-pyrrole nitrogens is 1. The summed E-state index contributed by atoms with van der Waals surface area (Å²) < 4.78 is 0.821. The van der Waals surface area contributed by atoms with Crippen LogP contribution in [0.25, 0.3) is 22.4 Å². The number of hydrogen-bond acceptors (Lipinski definition) is 3. The summed E-state index contributed by atoms with van der Waals surface area (Å²) in [5.74, 6) is 0.791. The number of nitrogens with one attached hydrogen (secondary N) is 1. The van der Waals surface area contributed by atoms with Crippen LogP contribution < -0.4 is 5.73 Å². The second kappa shape index (κ2) is 3.85. The standard InChI is InChI=1S/C12H9BrN4/c13-10-8(14)3-4-9-11(10)17-12(16-9)7-2-1-5-15-6-7/h1-6H,14H2,(H,16,17). The number of aromatic amines is 1. The minimum absolute atomic E-state index is 0.682. The third kappa shape index (κ3) is 1.68. The zero-order chi connectivity index (χ0) is 11.8. The quantitative estimate of drug-likeness (QED) is 0.677. The lowest BCUT2D eigenvalue weighted by molar-refractivity contribution is 1.27. The Morgan fingerprint density at radius 3 is 2.88 bits per heavy atom. The molecule has 0 bridgehead atoms. The first kappa shape index (κ1) is 10.3. The van der Waals surface area contributed by atoms with Gasteiger partial charge >= 0.3 is 0 Å². The van der Waals surface area contributed by atoms with Crippen LogP contribution in [-0.4, -0.2) is 15.0 Å². The molecule has 0 aliphatic heterocycles. The molecule has 0 saturated carbocycles. The predicted octanol–water partition coefficient (Wildman–Crippen LogP) is 2.97. The van der Waals surface area contributed by atoms with Crippen LogP contribution in [0.2, 0.25) is 0 Å². The van der Waals surface area contributed by atoms with Crippen molar-refractivity contribution in [2.24, 2.45) is 0 Å². The van der Waals surface area contributed by atoms with Crippen molar-refractivity contribution in [2.75, 3.05) is 5.73 Å². The van der Waals surface area contributed by atoms with E-state index in [-0.39, 0.29) is 0 Å². The van der Waals surface area contributed by atoms with Crippen LogP contribution in [-0.2, 0) is 0 Å². The highest BCUT2D eigenvalue weighted by atomic mass is 79.9. The molecule has 0 amide bonds. The van der Waals surface area contributed by atoms with Crippen LogP contribution in [0.3, 0.4) is 0 Å². The molecule has 17 heavy (non-hydrogen) atoms. The maximum Gasteiger partial charge on any atom is 0.140 e. The number of anilines is 1. The number of nitrogen functional groups attached to an aromatic ring is 1. The van der Waals surface area contributed by atoms with Crippen LogP contribution in [0.15, 0.2) is 41.1 Å². The monoisotopic (exact) mass is 288 g/mol. The van der Waals surface area contributed by atoms with Gasteiger partial charge in [-0.3, -0.25) is 4.98 Å². The molecule has 0 atom stereocenters. The number of nitrogens with two attached hydrogens (primary N) is 1. The van der Waals surface area contributed by atoms with Crippen molar-refractivity contribution in [1.29, 1.82) is 0 Å². The van der Waals surface area contributed by atoms with E-state index in [1.165, 1.54) is 0 Å². The average Bonchev–Trinajstić information content (AvgIpc) is 2.80. The number of imidazole rings is 1. The number of rotatable bonds is 1. The van der Waals surface area contributed by atoms with E-state index >= 15 is 0 Å². The van der Waals surface area contributed by atoms with Gasteiger partial charge in [0.05, 0.1) is 9.99 Å². The van der Waals surface area contributed by atoms with Crippen molar-refractivity contribution in [3.63, 3.8) is 0 Å². The summed E-state index contributed by atoms with van der Waals surface area (Å²) in [7, 11) is 0. The van der Waals surface area contributed by atoms with E-state index in [9.17, 15) is 0 Å². The fourth-order valence-corrected chi connectivity index (χ4v) is 2.13. The molecule has 2 heterocycles. The highest BCUT2D eigenvalue weighted by molar-refractivity contribution is 9.10. The first-order valence-corrected chi connectivity index (χ1v) is 5.89. The molecule has 4 nitrogen and oxygen atoms in total. The van der Waals surface area contributed by atoms with E-state index in [0.717, 1.165) is 26.9 Å². The Balaban J connectivity index is 2.24. The highest BCUT2D eigenvalue weighted by Crippen LogP contribution is 2.29. The van der Waals surface area contributed by atoms with Crippen molar-refractivity contribution in [3.05, 3.63) is 41.1 Å². The summed E-state index contributed by atoms with van der Waals surface area (Å²) in [5.41, 5.74) is 9.24. The van der Waals surface area contributed by atoms with Crippen molar-refractivity contribution in [3.8, 4) is 11.4 Å². The van der Waals surface area contributed by atoms with Gasteiger partial charge in [-0.25, -0.2) is 4.98 Å². The number of hydrogen-bond donors (Lipinski definition) is 2. The van der Waals surface area contributed by atoms with Gasteiger partial charge < -0.3 is 10.7 Å². The van der Waals surface area contributed by atoms with E-state index < -0.39 is 0 Å². The summed E-state index contributed by atoms with van der Waals surface area (Å²) in [5, 5.41) is 0. The topological polar surface area (TPSA) is 67.6 Å². The van der Waals surface area contributed by atoms with Gasteiger partial charge in [-0.05, 0) is 40.2 Å². The van der Waals surface area contributed by atoms with Crippen LogP contribution in [0.1, 0.15) is 0 Å². The molecule has 0 aliphatic rings. The van der Waals surface area contributed by atoms with E-state index in [1.807, 2.05) is 24.3 Å². The maximum absolute atomic E-state index is 5.82. The molecule has 0 radical (unpaired) electrons. The molecule has 0 fully saturated rings. The molecule has 3 rings (SSSR count). The van der Waals surface area contributed by atoms with Crippen molar-refractivity contribution in [2.45, 2.75) is 0 Å². The van der Waals surface area contributed by atoms with Crippen LogP contribution in [0, 0.1) is 0 Å². The molecule has 1 aromatic carbocycles. The van der Waals surface area contributed by atoms with Crippen LogP contribution in [0.5, 0.6) is 0 Å². The number of pyridine rings is 1. The van der Waals surface area contributed by atoms with Gasteiger partial charge in [0, 0.05) is 23.6 Å². The van der Waals surface area contributed by atoms with Gasteiger partial charge in [0.15, 0.2) is 0 Å². The van der Waals surface area contributed by atoms with E-state index in [1.54, 1.807) is 12.4 Å². The van der Waals surface area contributed by atoms with E-state index in [4.69, 9.17) is 5.73 Å². The number of nitrogens with zero attached hydrogens (tertiary/aromatic N) is 2. The fourth-order valence-electron chi connectivity index (χ4n) is 1.70. The largest absolute Gasteiger partial charge is 0.398 e. The van der Waals surface area contributed by atoms with Gasteiger partial charge in [-0.2, -0.15) is 0 Å². The number of benzene rings is 1. The molecule has 3 aromatic rings. The van der Waals surface area contributed by atoms with Crippen LogP contribution in [0.4, 0.5) is 5.69 Å². The molecule has 0 spiro atoms. The zero-order valence-electron chi connectivity index (χ0n) is 8.81. The highest BCUT2D eigenvalue weighted by Gasteiger charge is 2.09. The Labute approximate surface area is 106 Å². The number of aromatic nitrogens is 3. The Kier molecular flexibility index (Phi) is 2.33. The van der Waals surface area contributed by atoms with Gasteiger partial charge in [0.25, 0.3) is 0 Å². The molecule has 0 aliphatic carbocycles. The lowest BCUT2D eigenvalue weighted by atomic mass is 10.3. The lowest BCUT2D eigenvalue weighted by Crippen LogP contribution is -1.86. The Bertz CT molecular complexity index is 676. The minimum atomic E-state index is 0.682. The molecule has 2 aromatic heterocycles. The molecular formula is C12H9BrN4. The summed E-state index contributed by atoms with van der Waals surface area (Å²) in [6.07, 6.45) is 3.51. The van der Waals surface area contributed by atoms with E-state index in [2.05, 4.69) is 30.9 Å². The van der Waals surface area contributed by atoms with Gasteiger partial charge in [0.1, 0.15) is 11.3 Å². The smallest absolute Gasteiger partial charge is 0.140 e. The fraction of sp³-hybridized carbons (Fsp3) is 0. The van der Waals surface area contributed by atoms with Gasteiger partial charge in [-0.15, -0.1) is 0 Å². The third-order valence-electron chi connectivity index (χ3n) is 2.56. The normalized spacial score (nSPS) is 10.9. The summed E-state index contributed by atoms with van der Waals surface area (Å²) >= 11 is 3.44.